The maximum atomic E-state index is 13.1. The molecule has 28 heavy (non-hydrogen) atoms. The summed E-state index contributed by atoms with van der Waals surface area (Å²) >= 11 is 0. The zero-order valence-corrected chi connectivity index (χ0v) is 15.7. The SMILES string of the molecule is CCCCCOc1ccc2cc(C#CC#Cc3ccc(F)c(F)c3)ccc2c1. The summed E-state index contributed by atoms with van der Waals surface area (Å²) < 4.78 is 31.8. The largest absolute Gasteiger partial charge is 0.494 e. The second-order valence-electron chi connectivity index (χ2n) is 6.41. The lowest BCUT2D eigenvalue weighted by Crippen LogP contribution is -1.96. The van der Waals surface area contributed by atoms with Gasteiger partial charge in [0.1, 0.15) is 5.75 Å². The molecule has 0 atom stereocenters. The van der Waals surface area contributed by atoms with Crippen molar-refractivity contribution in [2.45, 2.75) is 26.2 Å². The molecule has 0 saturated carbocycles. The Balaban J connectivity index is 1.69. The molecule has 140 valence electrons. The predicted molar refractivity (Wildman–Crippen MR) is 109 cm³/mol. The Labute approximate surface area is 164 Å². The average Bonchev–Trinajstić information content (AvgIpc) is 2.71. The molecule has 3 rings (SSSR count). The Morgan fingerprint density at radius 2 is 1.43 bits per heavy atom. The topological polar surface area (TPSA) is 9.23 Å². The van der Waals surface area contributed by atoms with E-state index in [2.05, 4.69) is 30.6 Å². The summed E-state index contributed by atoms with van der Waals surface area (Å²) in [6, 6.07) is 15.5. The number of unbranched alkanes of at least 4 members (excludes halogenated alkanes) is 2. The summed E-state index contributed by atoms with van der Waals surface area (Å²) in [5.41, 5.74) is 1.22. The molecular weight excluding hydrogens is 354 g/mol. The van der Waals surface area contributed by atoms with Gasteiger partial charge >= 0.3 is 0 Å². The zero-order chi connectivity index (χ0) is 19.8. The van der Waals surface area contributed by atoms with Gasteiger partial charge in [0.15, 0.2) is 11.6 Å². The molecule has 3 aromatic carbocycles. The molecule has 0 aliphatic rings. The van der Waals surface area contributed by atoms with Crippen LogP contribution < -0.4 is 4.74 Å². The Morgan fingerprint density at radius 3 is 2.18 bits per heavy atom. The highest BCUT2D eigenvalue weighted by molar-refractivity contribution is 5.85. The third-order valence-corrected chi connectivity index (χ3v) is 4.22. The molecule has 0 unspecified atom stereocenters. The predicted octanol–water partition coefficient (Wildman–Crippen LogP) is 6.09. The van der Waals surface area contributed by atoms with Crippen LogP contribution in [-0.2, 0) is 0 Å². The minimum atomic E-state index is -0.914. The van der Waals surface area contributed by atoms with Crippen LogP contribution in [0.2, 0.25) is 0 Å². The first-order valence-corrected chi connectivity index (χ1v) is 9.29. The molecule has 0 spiro atoms. The molecule has 0 radical (unpaired) electrons. The van der Waals surface area contributed by atoms with E-state index >= 15 is 0 Å². The fourth-order valence-electron chi connectivity index (χ4n) is 2.71. The van der Waals surface area contributed by atoms with Crippen LogP contribution in [0.4, 0.5) is 8.78 Å². The summed E-state index contributed by atoms with van der Waals surface area (Å²) in [5, 5.41) is 2.16. The van der Waals surface area contributed by atoms with Crippen molar-refractivity contribution in [1.82, 2.24) is 0 Å². The van der Waals surface area contributed by atoms with E-state index in [1.54, 1.807) is 0 Å². The van der Waals surface area contributed by atoms with Gasteiger partial charge in [0.2, 0.25) is 0 Å². The Bertz CT molecular complexity index is 1090. The first kappa shape index (κ1) is 19.5. The normalized spacial score (nSPS) is 9.96. The fraction of sp³-hybridized carbons (Fsp3) is 0.200. The van der Waals surface area contributed by atoms with E-state index in [9.17, 15) is 8.78 Å². The maximum Gasteiger partial charge on any atom is 0.160 e. The molecule has 3 heteroatoms. The van der Waals surface area contributed by atoms with Gasteiger partial charge in [0.05, 0.1) is 6.61 Å². The van der Waals surface area contributed by atoms with Crippen molar-refractivity contribution in [1.29, 1.82) is 0 Å². The first-order chi connectivity index (χ1) is 13.7. The Morgan fingerprint density at radius 1 is 0.750 bits per heavy atom. The summed E-state index contributed by atoms with van der Waals surface area (Å²) in [6.45, 7) is 2.91. The molecule has 0 aromatic heterocycles. The van der Waals surface area contributed by atoms with E-state index in [1.165, 1.54) is 18.9 Å². The molecule has 0 N–H and O–H groups in total. The van der Waals surface area contributed by atoms with Crippen molar-refractivity contribution in [2.75, 3.05) is 6.61 Å². The second-order valence-corrected chi connectivity index (χ2v) is 6.41. The fourth-order valence-corrected chi connectivity index (χ4v) is 2.71. The Hall–Kier alpha value is -3.30. The van der Waals surface area contributed by atoms with Gasteiger partial charge in [0.25, 0.3) is 0 Å². The van der Waals surface area contributed by atoms with Crippen LogP contribution in [0, 0.1) is 35.3 Å². The molecule has 0 heterocycles. The highest BCUT2D eigenvalue weighted by Crippen LogP contribution is 2.22. The molecule has 1 nitrogen and oxygen atoms in total. The van der Waals surface area contributed by atoms with Crippen molar-refractivity contribution in [2.24, 2.45) is 0 Å². The molecule has 0 saturated heterocycles. The van der Waals surface area contributed by atoms with Crippen LogP contribution >= 0.6 is 0 Å². The number of benzene rings is 3. The zero-order valence-electron chi connectivity index (χ0n) is 15.7. The van der Waals surface area contributed by atoms with Gasteiger partial charge in [0, 0.05) is 11.1 Å². The summed E-state index contributed by atoms with van der Waals surface area (Å²) in [7, 11) is 0. The van der Waals surface area contributed by atoms with E-state index in [0.717, 1.165) is 47.2 Å². The summed E-state index contributed by atoms with van der Waals surface area (Å²) in [6.07, 6.45) is 3.42. The van der Waals surface area contributed by atoms with Crippen LogP contribution in [0.15, 0.2) is 54.6 Å². The van der Waals surface area contributed by atoms with Gasteiger partial charge in [-0.25, -0.2) is 8.78 Å². The van der Waals surface area contributed by atoms with Crippen molar-refractivity contribution in [3.05, 3.63) is 77.4 Å². The third kappa shape index (κ3) is 5.35. The van der Waals surface area contributed by atoms with Crippen molar-refractivity contribution < 1.29 is 13.5 Å². The van der Waals surface area contributed by atoms with E-state index in [0.29, 0.717) is 5.56 Å². The number of hydrogen-bond acceptors (Lipinski definition) is 1. The van der Waals surface area contributed by atoms with Gasteiger partial charge in [-0.1, -0.05) is 43.7 Å². The summed E-state index contributed by atoms with van der Waals surface area (Å²) in [5.74, 6) is 10.2. The van der Waals surface area contributed by atoms with Gasteiger partial charge < -0.3 is 4.74 Å². The minimum absolute atomic E-state index is 0.387. The quantitative estimate of drug-likeness (QED) is 0.388. The van der Waals surface area contributed by atoms with Crippen molar-refractivity contribution in [3.8, 4) is 29.4 Å². The van der Waals surface area contributed by atoms with Crippen LogP contribution in [0.3, 0.4) is 0 Å². The first-order valence-electron chi connectivity index (χ1n) is 9.29. The van der Waals surface area contributed by atoms with Gasteiger partial charge in [-0.05, 0) is 71.5 Å². The molecule has 0 fully saturated rings. The van der Waals surface area contributed by atoms with Crippen LogP contribution in [0.25, 0.3) is 10.8 Å². The molecule has 0 bridgehead atoms. The van der Waals surface area contributed by atoms with Crippen LogP contribution in [0.1, 0.15) is 37.3 Å². The van der Waals surface area contributed by atoms with E-state index < -0.39 is 11.6 Å². The molecule has 0 amide bonds. The number of hydrogen-bond donors (Lipinski definition) is 0. The Kier molecular flexibility index (Phi) is 6.66. The van der Waals surface area contributed by atoms with Crippen molar-refractivity contribution in [3.63, 3.8) is 0 Å². The van der Waals surface area contributed by atoms with Crippen LogP contribution in [0.5, 0.6) is 5.75 Å². The lowest BCUT2D eigenvalue weighted by Gasteiger charge is -2.07. The average molecular weight is 374 g/mol. The number of halogens is 2. The lowest BCUT2D eigenvalue weighted by atomic mass is 10.1. The van der Waals surface area contributed by atoms with Crippen molar-refractivity contribution >= 4 is 10.8 Å². The van der Waals surface area contributed by atoms with E-state index in [-0.39, 0.29) is 0 Å². The number of fused-ring (bicyclic) bond motifs is 1. The number of ether oxygens (including phenoxy) is 1. The number of rotatable bonds is 5. The van der Waals surface area contributed by atoms with E-state index in [1.807, 2.05) is 36.4 Å². The molecular formula is C25H20F2O. The monoisotopic (exact) mass is 374 g/mol. The van der Waals surface area contributed by atoms with Gasteiger partial charge in [-0.3, -0.25) is 0 Å². The van der Waals surface area contributed by atoms with E-state index in [4.69, 9.17) is 4.74 Å². The molecule has 0 aliphatic carbocycles. The van der Waals surface area contributed by atoms with Gasteiger partial charge in [-0.2, -0.15) is 0 Å². The van der Waals surface area contributed by atoms with Crippen LogP contribution in [-0.4, -0.2) is 6.61 Å². The highest BCUT2D eigenvalue weighted by atomic mass is 19.2. The maximum absolute atomic E-state index is 13.1. The smallest absolute Gasteiger partial charge is 0.160 e. The highest BCUT2D eigenvalue weighted by Gasteiger charge is 2.00. The lowest BCUT2D eigenvalue weighted by molar-refractivity contribution is 0.306. The molecule has 3 aromatic rings. The minimum Gasteiger partial charge on any atom is -0.494 e. The second kappa shape index (κ2) is 9.58. The standard InChI is InChI=1S/C25H20F2O/c1-2-3-6-15-28-23-13-12-21-16-19(9-11-22(21)18-23)7-4-5-8-20-10-14-24(26)25(27)17-20/h9-14,16-18H,2-3,6,15H2,1H3. The van der Waals surface area contributed by atoms with Gasteiger partial charge in [-0.15, -0.1) is 0 Å². The molecule has 0 aliphatic heterocycles. The summed E-state index contributed by atoms with van der Waals surface area (Å²) in [4.78, 5) is 0. The third-order valence-electron chi connectivity index (χ3n) is 4.22.